The van der Waals surface area contributed by atoms with Gasteiger partial charge in [-0.05, 0) is 56.0 Å². The smallest absolute Gasteiger partial charge is 0.407 e. The number of nitrogens with zero attached hydrogens (tertiary/aromatic N) is 2. The van der Waals surface area contributed by atoms with Crippen molar-refractivity contribution < 1.29 is 9.53 Å². The van der Waals surface area contributed by atoms with Crippen molar-refractivity contribution in [3.63, 3.8) is 0 Å². The van der Waals surface area contributed by atoms with Crippen LogP contribution in [0, 0.1) is 17.2 Å². The third-order valence-corrected chi connectivity index (χ3v) is 4.75. The molecule has 6 heteroatoms. The molecule has 0 spiro atoms. The highest BCUT2D eigenvalue weighted by Crippen LogP contribution is 2.49. The number of hydrogen-bond donors (Lipinski definition) is 2. The second-order valence-electron chi connectivity index (χ2n) is 6.63. The molecule has 0 saturated heterocycles. The van der Waals surface area contributed by atoms with E-state index in [2.05, 4.69) is 34.5 Å². The van der Waals surface area contributed by atoms with Crippen LogP contribution in [0.25, 0.3) is 10.9 Å². The summed E-state index contributed by atoms with van der Waals surface area (Å²) in [5.41, 5.74) is 3.11. The van der Waals surface area contributed by atoms with E-state index in [1.807, 2.05) is 18.2 Å². The van der Waals surface area contributed by atoms with Gasteiger partial charge >= 0.3 is 6.09 Å². The predicted octanol–water partition coefficient (Wildman–Crippen LogP) is 2.82. The molecular formula is C19H24N4O2. The van der Waals surface area contributed by atoms with E-state index in [-0.39, 0.29) is 6.09 Å². The zero-order chi connectivity index (χ0) is 17.8. The van der Waals surface area contributed by atoms with Crippen LogP contribution in [0.5, 0.6) is 0 Å². The number of ether oxygens (including phenoxy) is 1. The van der Waals surface area contributed by atoms with Gasteiger partial charge in [-0.1, -0.05) is 0 Å². The van der Waals surface area contributed by atoms with E-state index in [0.717, 1.165) is 24.0 Å². The standard InChI is InChI=1S/C19H24N4O2/c1-3-25-19(24)21-6-7-23(2)12-14-9-15(14)17-11-22-18-5-4-13(10-20)8-16(17)18/h4-5,8,11,14-15,22H,3,6-7,9,12H2,1-2H3,(H,21,24). The molecule has 2 aromatic rings. The van der Waals surface area contributed by atoms with E-state index in [1.165, 1.54) is 12.0 Å². The Morgan fingerprint density at radius 3 is 3.12 bits per heavy atom. The minimum absolute atomic E-state index is 0.354. The Hall–Kier alpha value is -2.52. The highest BCUT2D eigenvalue weighted by Gasteiger charge is 2.40. The molecule has 0 bridgehead atoms. The fourth-order valence-electron chi connectivity index (χ4n) is 3.37. The Bertz CT molecular complexity index is 792. The molecule has 6 nitrogen and oxygen atoms in total. The summed E-state index contributed by atoms with van der Waals surface area (Å²) < 4.78 is 4.85. The zero-order valence-corrected chi connectivity index (χ0v) is 14.7. The molecule has 2 unspecified atom stereocenters. The summed E-state index contributed by atoms with van der Waals surface area (Å²) in [5, 5.41) is 13.0. The SMILES string of the molecule is CCOC(=O)NCCN(C)CC1CC1c1c[nH]c2ccc(C#N)cc12. The van der Waals surface area contributed by atoms with Crippen molar-refractivity contribution in [3.05, 3.63) is 35.5 Å². The van der Waals surface area contributed by atoms with Gasteiger partial charge in [-0.3, -0.25) is 0 Å². The van der Waals surface area contributed by atoms with Crippen molar-refractivity contribution in [2.24, 2.45) is 5.92 Å². The van der Waals surface area contributed by atoms with Crippen LogP contribution in [0.15, 0.2) is 24.4 Å². The van der Waals surface area contributed by atoms with Gasteiger partial charge in [0.1, 0.15) is 0 Å². The van der Waals surface area contributed by atoms with Crippen molar-refractivity contribution in [1.29, 1.82) is 5.26 Å². The Morgan fingerprint density at radius 1 is 1.52 bits per heavy atom. The summed E-state index contributed by atoms with van der Waals surface area (Å²) in [5.74, 6) is 1.17. The average molecular weight is 340 g/mol. The van der Waals surface area contributed by atoms with Gasteiger partial charge in [-0.25, -0.2) is 4.79 Å². The van der Waals surface area contributed by atoms with E-state index in [0.29, 0.717) is 30.6 Å². The molecule has 0 radical (unpaired) electrons. The van der Waals surface area contributed by atoms with Crippen LogP contribution >= 0.6 is 0 Å². The lowest BCUT2D eigenvalue weighted by atomic mass is 10.1. The highest BCUT2D eigenvalue weighted by atomic mass is 16.5. The molecule has 1 fully saturated rings. The van der Waals surface area contributed by atoms with Crippen LogP contribution in [-0.2, 0) is 4.74 Å². The molecule has 1 aliphatic carbocycles. The van der Waals surface area contributed by atoms with Gasteiger partial charge in [0.05, 0.1) is 18.2 Å². The molecule has 1 heterocycles. The minimum atomic E-state index is -0.354. The molecule has 2 atom stereocenters. The summed E-state index contributed by atoms with van der Waals surface area (Å²) in [6.07, 6.45) is 2.89. The van der Waals surface area contributed by atoms with Crippen molar-refractivity contribution >= 4 is 17.0 Å². The number of carbonyl (C=O) groups excluding carboxylic acids is 1. The molecule has 25 heavy (non-hydrogen) atoms. The number of carbonyl (C=O) groups is 1. The number of rotatable bonds is 7. The summed E-state index contributed by atoms with van der Waals surface area (Å²) in [6, 6.07) is 8.01. The molecule has 1 saturated carbocycles. The largest absolute Gasteiger partial charge is 0.450 e. The van der Waals surface area contributed by atoms with Crippen LogP contribution in [0.1, 0.15) is 30.4 Å². The number of H-pyrrole nitrogens is 1. The Morgan fingerprint density at radius 2 is 2.36 bits per heavy atom. The number of nitrogens with one attached hydrogen (secondary N) is 2. The quantitative estimate of drug-likeness (QED) is 0.812. The summed E-state index contributed by atoms with van der Waals surface area (Å²) in [7, 11) is 2.07. The molecular weight excluding hydrogens is 316 g/mol. The number of aromatic amines is 1. The van der Waals surface area contributed by atoms with Gasteiger partial charge in [-0.15, -0.1) is 0 Å². The molecule has 1 aromatic carbocycles. The van der Waals surface area contributed by atoms with Crippen LogP contribution in [0.2, 0.25) is 0 Å². The number of fused-ring (bicyclic) bond motifs is 1. The highest BCUT2D eigenvalue weighted by molar-refractivity contribution is 5.85. The first-order chi connectivity index (χ1) is 12.1. The number of amides is 1. The number of nitriles is 1. The molecule has 0 aliphatic heterocycles. The molecule has 3 rings (SSSR count). The Balaban J connectivity index is 1.51. The van der Waals surface area contributed by atoms with Gasteiger partial charge in [0, 0.05) is 36.7 Å². The fraction of sp³-hybridized carbons (Fsp3) is 0.474. The second-order valence-corrected chi connectivity index (χ2v) is 6.63. The maximum atomic E-state index is 11.3. The topological polar surface area (TPSA) is 81.2 Å². The van der Waals surface area contributed by atoms with E-state index >= 15 is 0 Å². The summed E-state index contributed by atoms with van der Waals surface area (Å²) in [6.45, 7) is 4.58. The maximum absolute atomic E-state index is 11.3. The van der Waals surface area contributed by atoms with E-state index < -0.39 is 0 Å². The minimum Gasteiger partial charge on any atom is -0.450 e. The third kappa shape index (κ3) is 4.12. The van der Waals surface area contributed by atoms with Crippen LogP contribution in [0.3, 0.4) is 0 Å². The summed E-state index contributed by atoms with van der Waals surface area (Å²) >= 11 is 0. The van der Waals surface area contributed by atoms with E-state index in [9.17, 15) is 4.79 Å². The lowest BCUT2D eigenvalue weighted by Gasteiger charge is -2.16. The number of hydrogen-bond acceptors (Lipinski definition) is 4. The van der Waals surface area contributed by atoms with Gasteiger partial charge in [0.25, 0.3) is 0 Å². The van der Waals surface area contributed by atoms with Crippen LogP contribution in [0.4, 0.5) is 4.79 Å². The van der Waals surface area contributed by atoms with Crippen LogP contribution < -0.4 is 5.32 Å². The molecule has 1 aromatic heterocycles. The maximum Gasteiger partial charge on any atom is 0.407 e. The first-order valence-electron chi connectivity index (χ1n) is 8.72. The van der Waals surface area contributed by atoms with Crippen molar-refractivity contribution in [3.8, 4) is 6.07 Å². The molecule has 1 amide bonds. The second kappa shape index (κ2) is 7.58. The first-order valence-corrected chi connectivity index (χ1v) is 8.72. The lowest BCUT2D eigenvalue weighted by molar-refractivity contribution is 0.151. The fourth-order valence-corrected chi connectivity index (χ4v) is 3.37. The third-order valence-electron chi connectivity index (χ3n) is 4.75. The number of alkyl carbamates (subject to hydrolysis) is 1. The Kier molecular flexibility index (Phi) is 5.25. The monoisotopic (exact) mass is 340 g/mol. The number of aromatic nitrogens is 1. The van der Waals surface area contributed by atoms with Crippen molar-refractivity contribution in [2.45, 2.75) is 19.3 Å². The van der Waals surface area contributed by atoms with Gasteiger partial charge < -0.3 is 19.9 Å². The van der Waals surface area contributed by atoms with E-state index in [1.54, 1.807) is 6.92 Å². The predicted molar refractivity (Wildman–Crippen MR) is 96.4 cm³/mol. The average Bonchev–Trinajstić information content (AvgIpc) is 3.21. The number of benzene rings is 1. The van der Waals surface area contributed by atoms with Gasteiger partial charge in [0.2, 0.25) is 0 Å². The Labute approximate surface area is 147 Å². The number of likely N-dealkylation sites (N-methyl/N-ethyl adjacent to an activating group) is 1. The van der Waals surface area contributed by atoms with Crippen molar-refractivity contribution in [2.75, 3.05) is 33.3 Å². The van der Waals surface area contributed by atoms with Gasteiger partial charge in [0.15, 0.2) is 0 Å². The van der Waals surface area contributed by atoms with Gasteiger partial charge in [-0.2, -0.15) is 5.26 Å². The zero-order valence-electron chi connectivity index (χ0n) is 14.7. The van der Waals surface area contributed by atoms with Crippen LogP contribution in [-0.4, -0.2) is 49.3 Å². The van der Waals surface area contributed by atoms with E-state index in [4.69, 9.17) is 10.00 Å². The summed E-state index contributed by atoms with van der Waals surface area (Å²) in [4.78, 5) is 16.8. The lowest BCUT2D eigenvalue weighted by Crippen LogP contribution is -2.34. The molecule has 2 N–H and O–H groups in total. The first kappa shape index (κ1) is 17.3. The van der Waals surface area contributed by atoms with Crippen molar-refractivity contribution in [1.82, 2.24) is 15.2 Å². The molecule has 1 aliphatic rings. The normalized spacial score (nSPS) is 19.0. The molecule has 132 valence electrons.